The van der Waals surface area contributed by atoms with E-state index in [9.17, 15) is 0 Å². The molecule has 2 N–H and O–H groups in total. The van der Waals surface area contributed by atoms with Crippen LogP contribution in [0.2, 0.25) is 0 Å². The molecule has 1 aromatic rings. The molecule has 3 rings (SSSR count). The van der Waals surface area contributed by atoms with Crippen LogP contribution in [0.25, 0.3) is 0 Å². The second kappa shape index (κ2) is 9.15. The van der Waals surface area contributed by atoms with Gasteiger partial charge in [0, 0.05) is 45.7 Å². The van der Waals surface area contributed by atoms with Gasteiger partial charge in [-0.15, -0.1) is 0 Å². The Hall–Kier alpha value is -2.18. The zero-order valence-electron chi connectivity index (χ0n) is 16.6. The summed E-state index contributed by atoms with van der Waals surface area (Å²) in [6, 6.07) is 6.67. The van der Waals surface area contributed by atoms with E-state index in [2.05, 4.69) is 58.5 Å². The highest BCUT2D eigenvalue weighted by Crippen LogP contribution is 2.26. The van der Waals surface area contributed by atoms with Crippen molar-refractivity contribution in [1.29, 1.82) is 0 Å². The Labute approximate surface area is 162 Å². The van der Waals surface area contributed by atoms with Crippen molar-refractivity contribution in [2.75, 3.05) is 39.3 Å². The zero-order chi connectivity index (χ0) is 19.2. The first-order valence-electron chi connectivity index (χ1n) is 9.78. The summed E-state index contributed by atoms with van der Waals surface area (Å²) in [4.78, 5) is 13.1. The van der Waals surface area contributed by atoms with Crippen molar-refractivity contribution >= 4 is 12.7 Å². The smallest absolute Gasteiger partial charge is 0.219 e. The summed E-state index contributed by atoms with van der Waals surface area (Å²) in [5.41, 5.74) is 10.7. The summed E-state index contributed by atoms with van der Waals surface area (Å²) < 4.78 is 5.70. The zero-order valence-corrected chi connectivity index (χ0v) is 16.6. The maximum Gasteiger partial charge on any atom is 0.219 e. The minimum atomic E-state index is 0.246. The van der Waals surface area contributed by atoms with Crippen LogP contribution in [0.5, 0.6) is 5.75 Å². The highest BCUT2D eigenvalue weighted by Gasteiger charge is 2.19. The van der Waals surface area contributed by atoms with Crippen LogP contribution in [0, 0.1) is 0 Å². The lowest BCUT2D eigenvalue weighted by Crippen LogP contribution is -2.46. The number of nitrogens with zero attached hydrogens (tertiary/aromatic N) is 4. The average molecular weight is 370 g/mol. The van der Waals surface area contributed by atoms with E-state index in [1.807, 2.05) is 0 Å². The Balaban J connectivity index is 1.54. The molecule has 0 unspecified atom stereocenters. The van der Waals surface area contributed by atoms with Gasteiger partial charge in [0.05, 0.1) is 12.3 Å². The molecule has 0 amide bonds. The normalized spacial score (nSPS) is 19.4. The molecule has 2 aliphatic heterocycles. The lowest BCUT2D eigenvalue weighted by molar-refractivity contribution is 0.134. The lowest BCUT2D eigenvalue weighted by Gasteiger charge is -2.35. The number of piperazine rings is 1. The maximum atomic E-state index is 5.77. The van der Waals surface area contributed by atoms with E-state index in [0.29, 0.717) is 0 Å². The van der Waals surface area contributed by atoms with Crippen molar-refractivity contribution in [1.82, 2.24) is 9.80 Å². The third kappa shape index (κ3) is 5.17. The van der Waals surface area contributed by atoms with Crippen LogP contribution in [-0.4, -0.2) is 61.8 Å². The summed E-state index contributed by atoms with van der Waals surface area (Å²) in [6.45, 7) is 14.5. The van der Waals surface area contributed by atoms with Crippen LogP contribution in [-0.2, 0) is 13.0 Å². The van der Waals surface area contributed by atoms with E-state index >= 15 is 0 Å². The first-order chi connectivity index (χ1) is 13.1. The second-order valence-electron chi connectivity index (χ2n) is 7.30. The van der Waals surface area contributed by atoms with Gasteiger partial charge in [0.2, 0.25) is 5.96 Å². The second-order valence-corrected chi connectivity index (χ2v) is 7.30. The van der Waals surface area contributed by atoms with E-state index in [1.165, 1.54) is 16.7 Å². The summed E-state index contributed by atoms with van der Waals surface area (Å²) in [7, 11) is 0. The maximum absolute atomic E-state index is 5.77. The van der Waals surface area contributed by atoms with E-state index in [4.69, 9.17) is 10.5 Å². The van der Waals surface area contributed by atoms with Gasteiger partial charge in [-0.05, 0) is 37.3 Å². The van der Waals surface area contributed by atoms with E-state index in [1.54, 1.807) is 0 Å². The number of hydrogen-bond acceptors (Lipinski definition) is 4. The van der Waals surface area contributed by atoms with Crippen LogP contribution in [0.4, 0.5) is 0 Å². The molecule has 0 aromatic heterocycles. The van der Waals surface area contributed by atoms with E-state index in [0.717, 1.165) is 70.2 Å². The quantitative estimate of drug-likeness (QED) is 0.618. The Morgan fingerprint density at radius 1 is 1.22 bits per heavy atom. The molecular formula is C21H31N5O. The summed E-state index contributed by atoms with van der Waals surface area (Å²) in [5, 5.41) is 0. The lowest BCUT2D eigenvalue weighted by atomic mass is 10.1. The highest BCUT2D eigenvalue weighted by molar-refractivity contribution is 5.83. The molecule has 2 aliphatic rings. The topological polar surface area (TPSA) is 66.5 Å². The molecule has 27 heavy (non-hydrogen) atoms. The largest absolute Gasteiger partial charge is 0.493 e. The minimum Gasteiger partial charge on any atom is -0.493 e. The Morgan fingerprint density at radius 3 is 2.67 bits per heavy atom. The molecule has 6 heteroatoms. The molecule has 0 bridgehead atoms. The summed E-state index contributed by atoms with van der Waals surface area (Å²) in [6.07, 6.45) is 2.00. The van der Waals surface area contributed by atoms with Crippen molar-refractivity contribution < 1.29 is 4.74 Å². The first-order valence-corrected chi connectivity index (χ1v) is 9.78. The molecule has 0 atom stereocenters. The van der Waals surface area contributed by atoms with Crippen LogP contribution < -0.4 is 10.5 Å². The van der Waals surface area contributed by atoms with Gasteiger partial charge in [0.1, 0.15) is 5.75 Å². The van der Waals surface area contributed by atoms with Crippen molar-refractivity contribution in [3.63, 3.8) is 0 Å². The number of nitrogens with two attached hydrogens (primary N) is 1. The van der Waals surface area contributed by atoms with Gasteiger partial charge in [-0.2, -0.15) is 0 Å². The first kappa shape index (κ1) is 19.6. The number of ether oxygens (including phenoxy) is 1. The number of benzene rings is 1. The molecule has 0 aliphatic carbocycles. The average Bonchev–Trinajstić information content (AvgIpc) is 3.16. The third-order valence-electron chi connectivity index (χ3n) is 5.44. The van der Waals surface area contributed by atoms with E-state index in [-0.39, 0.29) is 5.96 Å². The van der Waals surface area contributed by atoms with Gasteiger partial charge in [-0.1, -0.05) is 24.6 Å². The van der Waals surface area contributed by atoms with Crippen molar-refractivity contribution in [2.24, 2.45) is 15.7 Å². The predicted molar refractivity (Wildman–Crippen MR) is 112 cm³/mol. The van der Waals surface area contributed by atoms with Crippen molar-refractivity contribution in [3.05, 3.63) is 40.6 Å². The monoisotopic (exact) mass is 369 g/mol. The number of rotatable bonds is 6. The Kier molecular flexibility index (Phi) is 6.63. The van der Waals surface area contributed by atoms with Gasteiger partial charge in [0.25, 0.3) is 0 Å². The fourth-order valence-electron chi connectivity index (χ4n) is 3.53. The number of allylic oxidation sites excluding steroid dienone is 1. The Bertz CT molecular complexity index is 732. The van der Waals surface area contributed by atoms with E-state index < -0.39 is 0 Å². The minimum absolute atomic E-state index is 0.246. The number of guanidine groups is 1. The van der Waals surface area contributed by atoms with Gasteiger partial charge in [-0.3, -0.25) is 9.80 Å². The molecule has 0 spiro atoms. The van der Waals surface area contributed by atoms with Crippen molar-refractivity contribution in [3.8, 4) is 5.75 Å². The van der Waals surface area contributed by atoms with Crippen LogP contribution in [0.3, 0.4) is 0 Å². The number of aliphatic imine (C=N–C) groups is 2. The molecule has 1 aromatic carbocycles. The molecule has 1 saturated heterocycles. The predicted octanol–water partition coefficient (Wildman–Crippen LogP) is 2.44. The molecule has 146 valence electrons. The van der Waals surface area contributed by atoms with Gasteiger partial charge >= 0.3 is 0 Å². The highest BCUT2D eigenvalue weighted by atomic mass is 16.5. The molecule has 0 radical (unpaired) electrons. The fourth-order valence-corrected chi connectivity index (χ4v) is 3.53. The van der Waals surface area contributed by atoms with Gasteiger partial charge < -0.3 is 10.5 Å². The summed E-state index contributed by atoms with van der Waals surface area (Å²) in [5.74, 6) is 1.32. The van der Waals surface area contributed by atoms with Crippen molar-refractivity contribution in [2.45, 2.75) is 33.2 Å². The molecule has 0 saturated carbocycles. The molecule has 2 heterocycles. The van der Waals surface area contributed by atoms with Gasteiger partial charge in [-0.25, -0.2) is 9.98 Å². The van der Waals surface area contributed by atoms with Crippen LogP contribution in [0.1, 0.15) is 31.4 Å². The molecule has 6 nitrogen and oxygen atoms in total. The molecule has 1 fully saturated rings. The van der Waals surface area contributed by atoms with Crippen LogP contribution in [0.15, 0.2) is 39.5 Å². The standard InChI is InChI=1S/C21H31N5O/c1-4-16(2)19(24-21(22)23-3)15-26-10-8-25(9-11-26)14-17-5-6-18-7-12-27-20(18)13-17/h5-6,13H,3-4,7-12,14-15H2,1-2H3,(H2,22,24). The number of hydrogen-bond donors (Lipinski definition) is 1. The fraction of sp³-hybridized carbons (Fsp3) is 0.524. The Morgan fingerprint density at radius 2 is 1.96 bits per heavy atom. The SMILES string of the molecule is C=NC(N)=NC(CN1CCN(Cc2ccc3c(c2)OCC3)CC1)=C(C)CC. The summed E-state index contributed by atoms with van der Waals surface area (Å²) >= 11 is 0. The van der Waals surface area contributed by atoms with Gasteiger partial charge in [0.15, 0.2) is 0 Å². The molecular weight excluding hydrogens is 338 g/mol. The van der Waals surface area contributed by atoms with Crippen LogP contribution >= 0.6 is 0 Å². The third-order valence-corrected chi connectivity index (χ3v) is 5.44. The number of fused-ring (bicyclic) bond motifs is 1.